The highest BCUT2D eigenvalue weighted by Crippen LogP contribution is 2.31. The third kappa shape index (κ3) is 8.25. The number of piperidine rings is 1. The number of nitrogens with one attached hydrogen (secondary N) is 1. The minimum absolute atomic E-state index is 0.221. The van der Waals surface area contributed by atoms with E-state index in [1.807, 2.05) is 17.9 Å². The lowest BCUT2D eigenvalue weighted by atomic mass is 10.0. The molecule has 0 atom stereocenters. The minimum Gasteiger partial charge on any atom is -0.379 e. The first-order valence-corrected chi connectivity index (χ1v) is 13.7. The highest BCUT2D eigenvalue weighted by molar-refractivity contribution is 5.76. The molecule has 0 saturated carbocycles. The van der Waals surface area contributed by atoms with Gasteiger partial charge in [0.05, 0.1) is 33.0 Å². The van der Waals surface area contributed by atoms with Crippen molar-refractivity contribution < 1.29 is 19.1 Å². The second-order valence-electron chi connectivity index (χ2n) is 10.0. The zero-order valence-electron chi connectivity index (χ0n) is 23.4. The number of hydrazine groups is 1. The number of allylic oxidation sites excluding steroid dienone is 1. The number of nitrogens with two attached hydrogens (primary N) is 1. The van der Waals surface area contributed by atoms with E-state index in [0.29, 0.717) is 45.4 Å². The van der Waals surface area contributed by atoms with Gasteiger partial charge in [-0.05, 0) is 31.4 Å². The first-order valence-electron chi connectivity index (χ1n) is 13.7. The van der Waals surface area contributed by atoms with Crippen LogP contribution in [0.1, 0.15) is 55.1 Å². The van der Waals surface area contributed by atoms with Crippen molar-refractivity contribution in [2.45, 2.75) is 58.3 Å². The minimum atomic E-state index is -0.357. The third-order valence-corrected chi connectivity index (χ3v) is 7.38. The summed E-state index contributed by atoms with van der Waals surface area (Å²) < 4.78 is 13.2. The number of ether oxygens (including phenoxy) is 2. The molecule has 2 aliphatic heterocycles. The van der Waals surface area contributed by atoms with Gasteiger partial charge in [-0.1, -0.05) is 18.7 Å². The Morgan fingerprint density at radius 3 is 2.39 bits per heavy atom. The molecule has 1 fully saturated rings. The Hall–Kier alpha value is -2.50. The molecule has 0 radical (unpaired) electrons. The van der Waals surface area contributed by atoms with E-state index < -0.39 is 0 Å². The number of hydrogen-bond acceptors (Lipinski definition) is 7. The molecule has 0 aromatic carbocycles. The van der Waals surface area contributed by atoms with Crippen LogP contribution in [0.4, 0.5) is 0 Å². The molecule has 2 amide bonds. The number of primary amides is 1. The van der Waals surface area contributed by atoms with Gasteiger partial charge >= 0.3 is 0 Å². The predicted molar refractivity (Wildman–Crippen MR) is 150 cm³/mol. The summed E-state index contributed by atoms with van der Waals surface area (Å²) in [5, 5.41) is 7.97. The molecule has 0 aliphatic carbocycles. The second-order valence-corrected chi connectivity index (χ2v) is 10.0. The van der Waals surface area contributed by atoms with Crippen molar-refractivity contribution in [3.05, 3.63) is 35.2 Å². The fraction of sp³-hybridized carbons (Fsp3) is 0.643. The van der Waals surface area contributed by atoms with E-state index in [-0.39, 0.29) is 18.2 Å². The number of carbonyl (C=O) groups excluding carboxylic acids is 2. The Morgan fingerprint density at radius 2 is 1.74 bits per heavy atom. The van der Waals surface area contributed by atoms with Gasteiger partial charge in [-0.3, -0.25) is 9.59 Å². The molecule has 1 aromatic heterocycles. The Kier molecular flexibility index (Phi) is 12.0. The summed E-state index contributed by atoms with van der Waals surface area (Å²) >= 11 is 0. The number of fused-ring (bicyclic) bond motifs is 1. The van der Waals surface area contributed by atoms with Gasteiger partial charge in [0.1, 0.15) is 0 Å². The molecule has 0 unspecified atom stereocenters. The highest BCUT2D eigenvalue weighted by atomic mass is 16.5. The molecule has 38 heavy (non-hydrogen) atoms. The van der Waals surface area contributed by atoms with Crippen LogP contribution >= 0.6 is 0 Å². The van der Waals surface area contributed by atoms with E-state index in [9.17, 15) is 9.59 Å². The molecule has 0 spiro atoms. The maximum Gasteiger partial charge on any atom is 0.224 e. The lowest BCUT2D eigenvalue weighted by molar-refractivity contribution is -0.132. The third-order valence-electron chi connectivity index (χ3n) is 7.38. The lowest BCUT2D eigenvalue weighted by Gasteiger charge is -2.34. The monoisotopic (exact) mass is 530 g/mol. The summed E-state index contributed by atoms with van der Waals surface area (Å²) in [5.41, 5.74) is 9.99. The van der Waals surface area contributed by atoms with Crippen molar-refractivity contribution in [2.75, 3.05) is 60.2 Å². The van der Waals surface area contributed by atoms with Crippen LogP contribution in [0.2, 0.25) is 0 Å². The molecule has 3 heterocycles. The highest BCUT2D eigenvalue weighted by Gasteiger charge is 2.28. The van der Waals surface area contributed by atoms with Crippen LogP contribution < -0.4 is 11.1 Å². The number of amides is 2. The number of rotatable bonds is 15. The molecule has 212 valence electrons. The molecule has 3 rings (SSSR count). The number of nitrogens with zero attached hydrogens (tertiary/aromatic N) is 4. The Bertz CT molecular complexity index is 967. The van der Waals surface area contributed by atoms with E-state index in [1.165, 1.54) is 16.8 Å². The van der Waals surface area contributed by atoms with Crippen molar-refractivity contribution in [3.8, 4) is 0 Å². The van der Waals surface area contributed by atoms with Crippen LogP contribution in [-0.2, 0) is 38.7 Å². The molecule has 1 saturated heterocycles. The van der Waals surface area contributed by atoms with Crippen molar-refractivity contribution >= 4 is 24.0 Å². The molecule has 1 aromatic rings. The van der Waals surface area contributed by atoms with Gasteiger partial charge in [0, 0.05) is 82.7 Å². The first kappa shape index (κ1) is 30.0. The summed E-state index contributed by atoms with van der Waals surface area (Å²) in [6.45, 7) is 12.7. The van der Waals surface area contributed by atoms with Gasteiger partial charge < -0.3 is 30.0 Å². The zero-order chi connectivity index (χ0) is 27.5. The molecule has 0 bridgehead atoms. The number of likely N-dealkylation sites (tertiary alicyclic amines) is 1. The van der Waals surface area contributed by atoms with E-state index in [1.54, 1.807) is 0 Å². The molecular weight excluding hydrogens is 484 g/mol. The number of hydrogen-bond donors (Lipinski definition) is 2. The summed E-state index contributed by atoms with van der Waals surface area (Å²) in [6, 6.07) is 0.398. The number of aromatic nitrogens is 1. The zero-order valence-corrected chi connectivity index (χ0v) is 23.4. The molecule has 3 N–H and O–H groups in total. The molecule has 10 heteroatoms. The van der Waals surface area contributed by atoms with Gasteiger partial charge in [0.15, 0.2) is 0 Å². The second kappa shape index (κ2) is 15.2. The Balaban J connectivity index is 1.41. The largest absolute Gasteiger partial charge is 0.379 e. The van der Waals surface area contributed by atoms with Gasteiger partial charge in [-0.25, -0.2) is 10.0 Å². The van der Waals surface area contributed by atoms with Crippen LogP contribution in [0, 0.1) is 0 Å². The first-order chi connectivity index (χ1) is 18.3. The molecule has 2 aliphatic rings. The topological polar surface area (TPSA) is 105 Å². The van der Waals surface area contributed by atoms with E-state index in [0.717, 1.165) is 51.3 Å². The average molecular weight is 531 g/mol. The van der Waals surface area contributed by atoms with E-state index in [4.69, 9.17) is 15.2 Å². The summed E-state index contributed by atoms with van der Waals surface area (Å²) in [4.78, 5) is 25.8. The maximum atomic E-state index is 13.1. The summed E-state index contributed by atoms with van der Waals surface area (Å²) in [7, 11) is 4.20. The van der Waals surface area contributed by atoms with E-state index in [2.05, 4.69) is 52.7 Å². The SMILES string of the molecule is C=Cc1c2c(n(CCC(=O)N3CCC(NCCOCCOCCC(N)=O)CC3)c1/C=C\C)CN(C)N(C)C2. The van der Waals surface area contributed by atoms with Crippen LogP contribution in [0.3, 0.4) is 0 Å². The fourth-order valence-corrected chi connectivity index (χ4v) is 5.16. The van der Waals surface area contributed by atoms with Gasteiger partial charge in [0.2, 0.25) is 11.8 Å². The molecular formula is C28H46N6O4. The van der Waals surface area contributed by atoms with E-state index >= 15 is 0 Å². The van der Waals surface area contributed by atoms with Crippen LogP contribution in [0.5, 0.6) is 0 Å². The van der Waals surface area contributed by atoms with Crippen molar-refractivity contribution in [3.63, 3.8) is 0 Å². The van der Waals surface area contributed by atoms with Crippen molar-refractivity contribution in [1.82, 2.24) is 24.8 Å². The van der Waals surface area contributed by atoms with Crippen molar-refractivity contribution in [1.29, 1.82) is 0 Å². The smallest absolute Gasteiger partial charge is 0.224 e. The Labute approximate surface area is 227 Å². The summed E-state index contributed by atoms with van der Waals surface area (Å²) in [5.74, 6) is -0.136. The van der Waals surface area contributed by atoms with Crippen LogP contribution in [0.25, 0.3) is 12.2 Å². The summed E-state index contributed by atoms with van der Waals surface area (Å²) in [6.07, 6.45) is 8.77. The molecule has 10 nitrogen and oxygen atoms in total. The van der Waals surface area contributed by atoms with Gasteiger partial charge in [-0.2, -0.15) is 0 Å². The standard InChI is InChI=1S/C28H46N6O4/c1-5-7-25-23(6-2)24-20-31(3)32(4)21-26(24)34(25)15-10-28(36)33-13-8-22(9-14-33)30-12-17-38-19-18-37-16-11-27(29)35/h5-7,22,30H,2,8-21H2,1,3-4H3,(H2,29,35)/b7-5-. The quantitative estimate of drug-likeness (QED) is 0.334. The normalized spacial score (nSPS) is 17.3. The number of carbonyl (C=O) groups is 2. The van der Waals surface area contributed by atoms with Crippen LogP contribution in [-0.4, -0.2) is 97.5 Å². The maximum absolute atomic E-state index is 13.1. The fourth-order valence-electron chi connectivity index (χ4n) is 5.16. The van der Waals surface area contributed by atoms with Gasteiger partial charge in [-0.15, -0.1) is 0 Å². The van der Waals surface area contributed by atoms with Gasteiger partial charge in [0.25, 0.3) is 0 Å². The average Bonchev–Trinajstić information content (AvgIpc) is 3.17. The van der Waals surface area contributed by atoms with Crippen LogP contribution in [0.15, 0.2) is 12.7 Å². The lowest BCUT2D eigenvalue weighted by Crippen LogP contribution is -2.45. The Morgan fingerprint density at radius 1 is 1.05 bits per heavy atom. The van der Waals surface area contributed by atoms with Crippen molar-refractivity contribution in [2.24, 2.45) is 5.73 Å². The predicted octanol–water partition coefficient (Wildman–Crippen LogP) is 1.84.